The number of hydrogen-bond donors (Lipinski definition) is 1. The number of rotatable bonds is 5. The number of hydrogen-bond acceptors (Lipinski definition) is 2. The Morgan fingerprint density at radius 3 is 2.43 bits per heavy atom. The second-order valence-electron chi connectivity index (χ2n) is 7.61. The van der Waals surface area contributed by atoms with Crippen LogP contribution in [0.3, 0.4) is 0 Å². The van der Waals surface area contributed by atoms with E-state index in [1.54, 1.807) is 0 Å². The maximum atomic E-state index is 4.55. The SMILES string of the molecule is Cc1nn(C)c(CC(CNC(C)(C)C)C2CCCC2)c1Br. The summed E-state index contributed by atoms with van der Waals surface area (Å²) in [5.41, 5.74) is 2.64. The van der Waals surface area contributed by atoms with Gasteiger partial charge in [0.2, 0.25) is 0 Å². The average molecular weight is 356 g/mol. The second-order valence-corrected chi connectivity index (χ2v) is 8.40. The van der Waals surface area contributed by atoms with Crippen LogP contribution in [0, 0.1) is 18.8 Å². The van der Waals surface area contributed by atoms with Crippen LogP contribution in [0.25, 0.3) is 0 Å². The molecule has 0 bridgehead atoms. The van der Waals surface area contributed by atoms with Gasteiger partial charge in [-0.2, -0.15) is 5.10 Å². The average Bonchev–Trinajstić information content (AvgIpc) is 2.97. The maximum Gasteiger partial charge on any atom is 0.0738 e. The summed E-state index contributed by atoms with van der Waals surface area (Å²) in [6.45, 7) is 9.94. The Hall–Kier alpha value is -0.350. The largest absolute Gasteiger partial charge is 0.312 e. The molecule has 0 amide bonds. The quantitative estimate of drug-likeness (QED) is 0.856. The van der Waals surface area contributed by atoms with Crippen molar-refractivity contribution in [3.05, 3.63) is 15.9 Å². The molecule has 21 heavy (non-hydrogen) atoms. The van der Waals surface area contributed by atoms with Crippen LogP contribution >= 0.6 is 15.9 Å². The maximum absolute atomic E-state index is 4.55. The standard InChI is InChI=1S/C17H30BrN3/c1-12-16(18)15(21(5)20-12)10-14(11-19-17(2,3)4)13-8-6-7-9-13/h13-14,19H,6-11H2,1-5H3. The van der Waals surface area contributed by atoms with Crippen molar-refractivity contribution in [2.24, 2.45) is 18.9 Å². The zero-order valence-corrected chi connectivity index (χ0v) is 15.8. The van der Waals surface area contributed by atoms with Gasteiger partial charge in [0, 0.05) is 12.6 Å². The lowest BCUT2D eigenvalue weighted by atomic mass is 9.86. The van der Waals surface area contributed by atoms with E-state index in [1.807, 2.05) is 0 Å². The fourth-order valence-corrected chi connectivity index (χ4v) is 3.92. The number of aryl methyl sites for hydroxylation is 2. The smallest absolute Gasteiger partial charge is 0.0738 e. The molecule has 1 unspecified atom stereocenters. The minimum absolute atomic E-state index is 0.191. The highest BCUT2D eigenvalue weighted by Gasteiger charge is 2.28. The van der Waals surface area contributed by atoms with E-state index in [9.17, 15) is 0 Å². The Bertz CT molecular complexity index is 467. The lowest BCUT2D eigenvalue weighted by Crippen LogP contribution is -2.41. The monoisotopic (exact) mass is 355 g/mol. The Labute approximate surface area is 138 Å². The summed E-state index contributed by atoms with van der Waals surface area (Å²) in [5, 5.41) is 8.27. The van der Waals surface area contributed by atoms with E-state index < -0.39 is 0 Å². The van der Waals surface area contributed by atoms with E-state index in [1.165, 1.54) is 35.8 Å². The van der Waals surface area contributed by atoms with Gasteiger partial charge in [0.05, 0.1) is 15.9 Å². The molecule has 1 aromatic heterocycles. The van der Waals surface area contributed by atoms with Crippen molar-refractivity contribution in [2.75, 3.05) is 6.54 Å². The third-order valence-electron chi connectivity index (χ3n) is 4.68. The Morgan fingerprint density at radius 2 is 1.95 bits per heavy atom. The molecule has 3 nitrogen and oxygen atoms in total. The summed E-state index contributed by atoms with van der Waals surface area (Å²) in [6, 6.07) is 0. The molecule has 0 aromatic carbocycles. The van der Waals surface area contributed by atoms with Crippen molar-refractivity contribution in [1.29, 1.82) is 0 Å². The van der Waals surface area contributed by atoms with Gasteiger partial charge in [-0.05, 0) is 68.4 Å². The molecule has 0 saturated heterocycles. The lowest BCUT2D eigenvalue weighted by Gasteiger charge is -2.29. The van der Waals surface area contributed by atoms with Gasteiger partial charge in [0.1, 0.15) is 0 Å². The van der Waals surface area contributed by atoms with Crippen molar-refractivity contribution < 1.29 is 0 Å². The van der Waals surface area contributed by atoms with Crippen LogP contribution in [0.2, 0.25) is 0 Å². The Balaban J connectivity index is 2.11. The predicted molar refractivity (Wildman–Crippen MR) is 92.6 cm³/mol. The normalized spacial score (nSPS) is 18.4. The van der Waals surface area contributed by atoms with Crippen molar-refractivity contribution >= 4 is 15.9 Å². The van der Waals surface area contributed by atoms with Gasteiger partial charge in [0.15, 0.2) is 0 Å². The molecule has 0 aliphatic heterocycles. The summed E-state index contributed by atoms with van der Waals surface area (Å²) < 4.78 is 3.25. The van der Waals surface area contributed by atoms with Gasteiger partial charge in [-0.25, -0.2) is 0 Å². The molecular formula is C17H30BrN3. The van der Waals surface area contributed by atoms with Gasteiger partial charge in [-0.3, -0.25) is 4.68 Å². The fourth-order valence-electron chi connectivity index (χ4n) is 3.42. The van der Waals surface area contributed by atoms with Gasteiger partial charge < -0.3 is 5.32 Å². The molecule has 1 N–H and O–H groups in total. The number of nitrogens with one attached hydrogen (secondary N) is 1. The van der Waals surface area contributed by atoms with Crippen LogP contribution in [-0.2, 0) is 13.5 Å². The molecule has 0 radical (unpaired) electrons. The molecule has 1 aliphatic carbocycles. The Kier molecular flexibility index (Phi) is 5.53. The van der Waals surface area contributed by atoms with Crippen molar-refractivity contribution in [2.45, 2.75) is 65.3 Å². The summed E-state index contributed by atoms with van der Waals surface area (Å²) >= 11 is 3.72. The van der Waals surface area contributed by atoms with Gasteiger partial charge in [-0.1, -0.05) is 25.7 Å². The highest BCUT2D eigenvalue weighted by Crippen LogP contribution is 2.34. The van der Waals surface area contributed by atoms with Crippen molar-refractivity contribution in [3.63, 3.8) is 0 Å². The number of nitrogens with zero attached hydrogens (tertiary/aromatic N) is 2. The van der Waals surface area contributed by atoms with E-state index in [0.29, 0.717) is 5.92 Å². The zero-order chi connectivity index (χ0) is 15.6. The summed E-state index contributed by atoms with van der Waals surface area (Å²) in [6.07, 6.45) is 6.71. The molecule has 1 saturated carbocycles. The molecule has 1 aliphatic rings. The van der Waals surface area contributed by atoms with Crippen LogP contribution in [0.1, 0.15) is 57.8 Å². The molecule has 1 atom stereocenters. The van der Waals surface area contributed by atoms with Crippen LogP contribution in [0.4, 0.5) is 0 Å². The molecule has 0 spiro atoms. The number of halogens is 1. The van der Waals surface area contributed by atoms with E-state index in [2.05, 4.69) is 65.8 Å². The molecular weight excluding hydrogens is 326 g/mol. The number of aromatic nitrogens is 2. The van der Waals surface area contributed by atoms with Gasteiger partial charge >= 0.3 is 0 Å². The van der Waals surface area contributed by atoms with Crippen LogP contribution in [0.5, 0.6) is 0 Å². The third-order valence-corrected chi connectivity index (χ3v) is 5.71. The van der Waals surface area contributed by atoms with Gasteiger partial charge in [-0.15, -0.1) is 0 Å². The lowest BCUT2D eigenvalue weighted by molar-refractivity contribution is 0.282. The third kappa shape index (κ3) is 4.56. The van der Waals surface area contributed by atoms with E-state index in [-0.39, 0.29) is 5.54 Å². The predicted octanol–water partition coefficient (Wildman–Crippen LogP) is 4.23. The van der Waals surface area contributed by atoms with E-state index in [4.69, 9.17) is 0 Å². The molecule has 4 heteroatoms. The minimum atomic E-state index is 0.191. The first-order chi connectivity index (χ1) is 9.78. The highest BCUT2D eigenvalue weighted by molar-refractivity contribution is 9.10. The fraction of sp³-hybridized carbons (Fsp3) is 0.824. The summed E-state index contributed by atoms with van der Waals surface area (Å²) in [7, 11) is 2.07. The van der Waals surface area contributed by atoms with Crippen LogP contribution in [-0.4, -0.2) is 21.9 Å². The molecule has 120 valence electrons. The van der Waals surface area contributed by atoms with Crippen molar-refractivity contribution in [3.8, 4) is 0 Å². The molecule has 1 fully saturated rings. The molecule has 1 heterocycles. The summed E-state index contributed by atoms with van der Waals surface area (Å²) in [4.78, 5) is 0. The minimum Gasteiger partial charge on any atom is -0.312 e. The first-order valence-electron chi connectivity index (χ1n) is 8.21. The topological polar surface area (TPSA) is 29.9 Å². The first-order valence-corrected chi connectivity index (χ1v) is 9.00. The zero-order valence-electron chi connectivity index (χ0n) is 14.2. The molecule has 1 aromatic rings. The molecule has 2 rings (SSSR count). The van der Waals surface area contributed by atoms with E-state index in [0.717, 1.165) is 24.6 Å². The Morgan fingerprint density at radius 1 is 1.33 bits per heavy atom. The summed E-state index contributed by atoms with van der Waals surface area (Å²) in [5.74, 6) is 1.57. The first kappa shape index (κ1) is 17.0. The van der Waals surface area contributed by atoms with Crippen LogP contribution in [0.15, 0.2) is 4.47 Å². The van der Waals surface area contributed by atoms with E-state index >= 15 is 0 Å². The van der Waals surface area contributed by atoms with Crippen LogP contribution < -0.4 is 5.32 Å². The van der Waals surface area contributed by atoms with Gasteiger partial charge in [0.25, 0.3) is 0 Å². The highest BCUT2D eigenvalue weighted by atomic mass is 79.9. The van der Waals surface area contributed by atoms with Crippen molar-refractivity contribution in [1.82, 2.24) is 15.1 Å². The second kappa shape index (κ2) is 6.82.